The van der Waals surface area contributed by atoms with E-state index in [0.717, 1.165) is 0 Å². The fourth-order valence-electron chi connectivity index (χ4n) is 1.63. The lowest BCUT2D eigenvalue weighted by molar-refractivity contribution is 0.0696. The van der Waals surface area contributed by atoms with Gasteiger partial charge < -0.3 is 9.84 Å². The molecule has 0 unspecified atom stereocenters. The van der Waals surface area contributed by atoms with E-state index in [1.54, 1.807) is 6.07 Å². The molecule has 20 heavy (non-hydrogen) atoms. The quantitative estimate of drug-likeness (QED) is 0.851. The third-order valence-electron chi connectivity index (χ3n) is 2.63. The first-order valence-corrected chi connectivity index (χ1v) is 5.82. The number of ether oxygens (including phenoxy) is 1. The summed E-state index contributed by atoms with van der Waals surface area (Å²) >= 11 is 0. The van der Waals surface area contributed by atoms with Crippen LogP contribution in [0.4, 0.5) is 4.39 Å². The van der Waals surface area contributed by atoms with Crippen molar-refractivity contribution in [3.05, 3.63) is 65.5 Å². The number of benzene rings is 2. The molecule has 0 heterocycles. The molecular weight excluding hydrogens is 263 g/mol. The molecule has 0 fully saturated rings. The molecule has 5 heteroatoms. The molecule has 0 amide bonds. The van der Waals surface area contributed by atoms with Crippen LogP contribution in [0.5, 0.6) is 5.75 Å². The van der Waals surface area contributed by atoms with E-state index in [1.807, 2.05) is 0 Å². The number of carboxylic acid groups (broad SMARTS) is 1. The molecule has 0 atom stereocenters. The third-order valence-corrected chi connectivity index (χ3v) is 2.63. The highest BCUT2D eigenvalue weighted by atomic mass is 19.1. The topological polar surface area (TPSA) is 63.6 Å². The Kier molecular flexibility index (Phi) is 4.10. The highest BCUT2D eigenvalue weighted by Gasteiger charge is 2.12. The normalized spacial score (nSPS) is 10.1. The molecule has 2 aromatic rings. The number of halogens is 1. The zero-order valence-electron chi connectivity index (χ0n) is 10.4. The minimum absolute atomic E-state index is 0.0538. The van der Waals surface area contributed by atoms with Crippen molar-refractivity contribution in [2.75, 3.05) is 6.61 Å². The van der Waals surface area contributed by atoms with Gasteiger partial charge in [-0.3, -0.25) is 4.79 Å². The fraction of sp³-hybridized carbons (Fsp3) is 0.0667. The minimum Gasteiger partial charge on any atom is -0.485 e. The number of carbonyl (C=O) groups is 2. The molecule has 0 aliphatic carbocycles. The zero-order valence-corrected chi connectivity index (χ0v) is 10.4. The van der Waals surface area contributed by atoms with Crippen molar-refractivity contribution in [3.63, 3.8) is 0 Å². The Hall–Kier alpha value is -2.69. The number of carbonyl (C=O) groups excluding carboxylic acids is 1. The molecule has 0 radical (unpaired) electrons. The van der Waals surface area contributed by atoms with E-state index in [9.17, 15) is 14.0 Å². The van der Waals surface area contributed by atoms with Crippen LogP contribution < -0.4 is 4.74 Å². The average molecular weight is 274 g/mol. The van der Waals surface area contributed by atoms with Crippen LogP contribution in [-0.2, 0) is 0 Å². The minimum atomic E-state index is -1.09. The van der Waals surface area contributed by atoms with E-state index in [1.165, 1.54) is 42.5 Å². The first-order chi connectivity index (χ1) is 9.58. The van der Waals surface area contributed by atoms with E-state index in [4.69, 9.17) is 9.84 Å². The molecule has 0 aromatic heterocycles. The predicted octanol–water partition coefficient (Wildman–Crippen LogP) is 2.79. The highest BCUT2D eigenvalue weighted by Crippen LogP contribution is 2.14. The van der Waals surface area contributed by atoms with E-state index in [-0.39, 0.29) is 23.5 Å². The van der Waals surface area contributed by atoms with Crippen LogP contribution in [-0.4, -0.2) is 23.5 Å². The van der Waals surface area contributed by atoms with Crippen LogP contribution in [0.2, 0.25) is 0 Å². The predicted molar refractivity (Wildman–Crippen MR) is 69.6 cm³/mol. The van der Waals surface area contributed by atoms with Crippen LogP contribution in [0.1, 0.15) is 20.7 Å². The van der Waals surface area contributed by atoms with Crippen LogP contribution in [0, 0.1) is 5.82 Å². The first kappa shape index (κ1) is 13.7. The molecule has 0 spiro atoms. The molecule has 0 aliphatic heterocycles. The van der Waals surface area contributed by atoms with Gasteiger partial charge in [0.2, 0.25) is 5.78 Å². The molecule has 1 N–H and O–H groups in total. The summed E-state index contributed by atoms with van der Waals surface area (Å²) in [7, 11) is 0. The zero-order chi connectivity index (χ0) is 14.5. The third kappa shape index (κ3) is 3.20. The maximum Gasteiger partial charge on any atom is 0.335 e. The Bertz CT molecular complexity index is 652. The summed E-state index contributed by atoms with van der Waals surface area (Å²) in [5, 5.41) is 8.83. The molecule has 0 bridgehead atoms. The Morgan fingerprint density at radius 2 is 1.85 bits per heavy atom. The van der Waals surface area contributed by atoms with Crippen LogP contribution >= 0.6 is 0 Å². The lowest BCUT2D eigenvalue weighted by Crippen LogP contribution is -2.13. The molecule has 0 saturated carbocycles. The average Bonchev–Trinajstić information content (AvgIpc) is 2.45. The largest absolute Gasteiger partial charge is 0.485 e. The number of aromatic carboxylic acids is 1. The molecule has 2 rings (SSSR count). The van der Waals surface area contributed by atoms with Gasteiger partial charge >= 0.3 is 5.97 Å². The first-order valence-electron chi connectivity index (χ1n) is 5.82. The van der Waals surface area contributed by atoms with Gasteiger partial charge in [0.1, 0.15) is 11.6 Å². The second-order valence-corrected chi connectivity index (χ2v) is 4.02. The number of rotatable bonds is 5. The Balaban J connectivity index is 2.06. The van der Waals surface area contributed by atoms with E-state index in [0.29, 0.717) is 0 Å². The van der Waals surface area contributed by atoms with Gasteiger partial charge in [-0.05, 0) is 30.3 Å². The maximum absolute atomic E-state index is 13.4. The number of hydrogen-bond acceptors (Lipinski definition) is 3. The van der Waals surface area contributed by atoms with Gasteiger partial charge in [0.25, 0.3) is 0 Å². The molecule has 0 saturated heterocycles. The van der Waals surface area contributed by atoms with Gasteiger partial charge in [-0.25, -0.2) is 9.18 Å². The van der Waals surface area contributed by atoms with Crippen molar-refractivity contribution in [2.45, 2.75) is 0 Å². The smallest absolute Gasteiger partial charge is 0.335 e. The number of Topliss-reactive ketones (excluding diaryl/α,β-unsaturated/α-hetero) is 1. The van der Waals surface area contributed by atoms with Gasteiger partial charge in [-0.2, -0.15) is 0 Å². The van der Waals surface area contributed by atoms with E-state index in [2.05, 4.69) is 0 Å². The lowest BCUT2D eigenvalue weighted by Gasteiger charge is -2.06. The standard InChI is InChI=1S/C15H11FO4/c16-13-7-2-1-6-12(13)14(17)9-20-11-5-3-4-10(8-11)15(18)19/h1-8H,9H2,(H,18,19). The molecule has 2 aromatic carbocycles. The number of carboxylic acids is 1. The second kappa shape index (κ2) is 5.97. The Labute approximate surface area is 114 Å². The van der Waals surface area contributed by atoms with Crippen molar-refractivity contribution < 1.29 is 23.8 Å². The van der Waals surface area contributed by atoms with Gasteiger partial charge in [0, 0.05) is 0 Å². The maximum atomic E-state index is 13.4. The van der Waals surface area contributed by atoms with Gasteiger partial charge in [-0.15, -0.1) is 0 Å². The Morgan fingerprint density at radius 1 is 1.10 bits per heavy atom. The van der Waals surface area contributed by atoms with Crippen LogP contribution in [0.25, 0.3) is 0 Å². The summed E-state index contributed by atoms with van der Waals surface area (Å²) in [5.74, 6) is -1.96. The second-order valence-electron chi connectivity index (χ2n) is 4.02. The molecule has 4 nitrogen and oxygen atoms in total. The monoisotopic (exact) mass is 274 g/mol. The van der Waals surface area contributed by atoms with Crippen molar-refractivity contribution in [1.82, 2.24) is 0 Å². The summed E-state index contributed by atoms with van der Waals surface area (Å²) < 4.78 is 18.6. The summed E-state index contributed by atoms with van der Waals surface area (Å²) in [6, 6.07) is 11.4. The number of ketones is 1. The summed E-state index contributed by atoms with van der Waals surface area (Å²) in [6.07, 6.45) is 0. The van der Waals surface area contributed by atoms with E-state index >= 15 is 0 Å². The van der Waals surface area contributed by atoms with Crippen molar-refractivity contribution in [1.29, 1.82) is 0 Å². The van der Waals surface area contributed by atoms with Crippen molar-refractivity contribution in [3.8, 4) is 5.75 Å². The van der Waals surface area contributed by atoms with Gasteiger partial charge in [0.05, 0.1) is 11.1 Å². The van der Waals surface area contributed by atoms with Gasteiger partial charge in [0.15, 0.2) is 6.61 Å². The van der Waals surface area contributed by atoms with Crippen LogP contribution in [0.15, 0.2) is 48.5 Å². The molecule has 0 aliphatic rings. The van der Waals surface area contributed by atoms with Crippen LogP contribution in [0.3, 0.4) is 0 Å². The Morgan fingerprint density at radius 3 is 2.55 bits per heavy atom. The number of hydrogen-bond donors (Lipinski definition) is 1. The summed E-state index contributed by atoms with van der Waals surface area (Å²) in [5.41, 5.74) is 0.00253. The van der Waals surface area contributed by atoms with E-state index < -0.39 is 17.6 Å². The van der Waals surface area contributed by atoms with Gasteiger partial charge in [-0.1, -0.05) is 18.2 Å². The summed E-state index contributed by atoms with van der Waals surface area (Å²) in [4.78, 5) is 22.6. The van der Waals surface area contributed by atoms with Crippen molar-refractivity contribution in [2.24, 2.45) is 0 Å². The molecule has 102 valence electrons. The SMILES string of the molecule is O=C(O)c1cccc(OCC(=O)c2ccccc2F)c1. The lowest BCUT2D eigenvalue weighted by atomic mass is 10.1. The summed E-state index contributed by atoms with van der Waals surface area (Å²) in [6.45, 7) is -0.357. The molecular formula is C15H11FO4. The van der Waals surface area contributed by atoms with Crippen molar-refractivity contribution >= 4 is 11.8 Å². The fourth-order valence-corrected chi connectivity index (χ4v) is 1.63. The highest BCUT2D eigenvalue weighted by molar-refractivity contribution is 5.97.